The number of ether oxygens (including phenoxy) is 1. The van der Waals surface area contributed by atoms with Crippen molar-refractivity contribution in [2.75, 3.05) is 33.3 Å². The maximum absolute atomic E-state index is 12.6. The van der Waals surface area contributed by atoms with Crippen molar-refractivity contribution in [1.82, 2.24) is 9.80 Å². The average molecular weight is 340 g/mol. The second-order valence-corrected chi connectivity index (χ2v) is 6.27. The van der Waals surface area contributed by atoms with Crippen LogP contribution >= 0.6 is 0 Å². The van der Waals surface area contributed by atoms with E-state index in [4.69, 9.17) is 4.74 Å². The lowest BCUT2D eigenvalue weighted by molar-refractivity contribution is -0.142. The van der Waals surface area contributed by atoms with Gasteiger partial charge in [0.1, 0.15) is 5.75 Å². The topological polar surface area (TPSA) is 53.0 Å². The van der Waals surface area contributed by atoms with Crippen molar-refractivity contribution in [3.8, 4) is 5.75 Å². The van der Waals surface area contributed by atoms with Crippen LogP contribution in [0.5, 0.6) is 5.75 Å². The highest BCUT2D eigenvalue weighted by molar-refractivity contribution is 5.82. The van der Waals surface area contributed by atoms with Crippen molar-refractivity contribution in [3.63, 3.8) is 0 Å². The van der Waals surface area contributed by atoms with E-state index in [9.17, 15) is 9.90 Å². The van der Waals surface area contributed by atoms with Crippen molar-refractivity contribution in [3.05, 3.63) is 65.7 Å². The summed E-state index contributed by atoms with van der Waals surface area (Å²) in [5.41, 5.74) is 1.84. The predicted molar refractivity (Wildman–Crippen MR) is 96.3 cm³/mol. The normalized spacial score (nSPS) is 16.5. The number of carbonyl (C=O) groups excluding carboxylic acids is 1. The van der Waals surface area contributed by atoms with Gasteiger partial charge < -0.3 is 14.7 Å². The first kappa shape index (κ1) is 17.5. The van der Waals surface area contributed by atoms with E-state index in [1.807, 2.05) is 18.2 Å². The zero-order valence-electron chi connectivity index (χ0n) is 14.5. The van der Waals surface area contributed by atoms with Gasteiger partial charge >= 0.3 is 0 Å². The van der Waals surface area contributed by atoms with Crippen LogP contribution in [0.4, 0.5) is 0 Å². The third-order valence-electron chi connectivity index (χ3n) is 4.58. The SMILES string of the molecule is COc1cccc(C(O)C(=O)N2CCN(Cc3ccccc3)CC2)c1. The quantitative estimate of drug-likeness (QED) is 0.905. The Labute approximate surface area is 148 Å². The zero-order valence-corrected chi connectivity index (χ0v) is 14.5. The lowest BCUT2D eigenvalue weighted by Crippen LogP contribution is -2.49. The number of hydrogen-bond acceptors (Lipinski definition) is 4. The maximum Gasteiger partial charge on any atom is 0.256 e. The van der Waals surface area contributed by atoms with Gasteiger partial charge in [0.05, 0.1) is 7.11 Å². The molecule has 1 heterocycles. The van der Waals surface area contributed by atoms with Crippen molar-refractivity contribution in [1.29, 1.82) is 0 Å². The Morgan fingerprint density at radius 3 is 2.48 bits per heavy atom. The van der Waals surface area contributed by atoms with Crippen LogP contribution in [0.15, 0.2) is 54.6 Å². The lowest BCUT2D eigenvalue weighted by Gasteiger charge is -2.35. The van der Waals surface area contributed by atoms with Gasteiger partial charge in [-0.2, -0.15) is 0 Å². The zero-order chi connectivity index (χ0) is 17.6. The highest BCUT2D eigenvalue weighted by atomic mass is 16.5. The summed E-state index contributed by atoms with van der Waals surface area (Å²) in [7, 11) is 1.57. The number of hydrogen-bond donors (Lipinski definition) is 1. The van der Waals surface area contributed by atoms with Crippen LogP contribution in [0, 0.1) is 0 Å². The fourth-order valence-corrected chi connectivity index (χ4v) is 3.10. The molecule has 1 fully saturated rings. The molecule has 5 heteroatoms. The van der Waals surface area contributed by atoms with Gasteiger partial charge in [-0.25, -0.2) is 0 Å². The van der Waals surface area contributed by atoms with Crippen molar-refractivity contribution in [2.45, 2.75) is 12.6 Å². The molecule has 1 aliphatic heterocycles. The fraction of sp³-hybridized carbons (Fsp3) is 0.350. The lowest BCUT2D eigenvalue weighted by atomic mass is 10.1. The van der Waals surface area contributed by atoms with E-state index in [1.165, 1.54) is 5.56 Å². The Hall–Kier alpha value is -2.37. The van der Waals surface area contributed by atoms with Crippen LogP contribution in [0.2, 0.25) is 0 Å². The number of aliphatic hydroxyl groups is 1. The molecule has 0 spiro atoms. The number of benzene rings is 2. The van der Waals surface area contributed by atoms with Gasteiger partial charge in [0.15, 0.2) is 6.10 Å². The van der Waals surface area contributed by atoms with Gasteiger partial charge in [0.25, 0.3) is 5.91 Å². The Morgan fingerprint density at radius 1 is 1.08 bits per heavy atom. The van der Waals surface area contributed by atoms with Crippen LogP contribution in [0.25, 0.3) is 0 Å². The first-order valence-electron chi connectivity index (χ1n) is 8.54. The maximum atomic E-state index is 12.6. The van der Waals surface area contributed by atoms with Crippen LogP contribution < -0.4 is 4.74 Å². The van der Waals surface area contributed by atoms with Crippen LogP contribution in [0.3, 0.4) is 0 Å². The first-order chi connectivity index (χ1) is 12.2. The average Bonchev–Trinajstić information content (AvgIpc) is 2.68. The number of piperazine rings is 1. The molecule has 0 aliphatic carbocycles. The molecular weight excluding hydrogens is 316 g/mol. The van der Waals surface area contributed by atoms with Crippen LogP contribution in [0.1, 0.15) is 17.2 Å². The highest BCUT2D eigenvalue weighted by Crippen LogP contribution is 2.21. The number of carbonyl (C=O) groups is 1. The molecule has 5 nitrogen and oxygen atoms in total. The summed E-state index contributed by atoms with van der Waals surface area (Å²) in [6.07, 6.45) is -1.14. The number of rotatable bonds is 5. The summed E-state index contributed by atoms with van der Waals surface area (Å²) in [6, 6.07) is 17.4. The van der Waals surface area contributed by atoms with E-state index < -0.39 is 6.10 Å². The van der Waals surface area contributed by atoms with Gasteiger partial charge in [-0.1, -0.05) is 42.5 Å². The Bertz CT molecular complexity index is 697. The molecule has 25 heavy (non-hydrogen) atoms. The van der Waals surface area contributed by atoms with Crippen molar-refractivity contribution in [2.24, 2.45) is 0 Å². The Balaban J connectivity index is 1.55. The molecular formula is C20H24N2O3. The molecule has 132 valence electrons. The van der Waals surface area contributed by atoms with Crippen molar-refractivity contribution >= 4 is 5.91 Å². The van der Waals surface area contributed by atoms with Gasteiger partial charge in [-0.05, 0) is 23.3 Å². The molecule has 2 aromatic carbocycles. The minimum absolute atomic E-state index is 0.243. The summed E-state index contributed by atoms with van der Waals surface area (Å²) < 4.78 is 5.16. The summed E-state index contributed by atoms with van der Waals surface area (Å²) >= 11 is 0. The Kier molecular flexibility index (Phi) is 5.68. The van der Waals surface area contributed by atoms with E-state index in [0.717, 1.165) is 19.6 Å². The van der Waals surface area contributed by atoms with Crippen molar-refractivity contribution < 1.29 is 14.6 Å². The molecule has 3 rings (SSSR count). The second-order valence-electron chi connectivity index (χ2n) is 6.27. The minimum Gasteiger partial charge on any atom is -0.497 e. The minimum atomic E-state index is -1.14. The molecule has 1 unspecified atom stereocenters. The molecule has 1 aliphatic rings. The molecule has 0 aromatic heterocycles. The first-order valence-corrected chi connectivity index (χ1v) is 8.54. The molecule has 1 saturated heterocycles. The fourth-order valence-electron chi connectivity index (χ4n) is 3.10. The third-order valence-corrected chi connectivity index (χ3v) is 4.58. The highest BCUT2D eigenvalue weighted by Gasteiger charge is 2.27. The van der Waals surface area contributed by atoms with E-state index >= 15 is 0 Å². The standard InChI is InChI=1S/C20H24N2O3/c1-25-18-9-5-8-17(14-18)19(23)20(24)22-12-10-21(11-13-22)15-16-6-3-2-4-7-16/h2-9,14,19,23H,10-13,15H2,1H3. The molecule has 1 atom stereocenters. The second kappa shape index (κ2) is 8.14. The van der Waals surface area contributed by atoms with Gasteiger partial charge in [-0.15, -0.1) is 0 Å². The summed E-state index contributed by atoms with van der Waals surface area (Å²) in [5.74, 6) is 0.393. The van der Waals surface area contributed by atoms with Crippen LogP contribution in [-0.2, 0) is 11.3 Å². The van der Waals surface area contributed by atoms with E-state index in [1.54, 1.807) is 36.3 Å². The van der Waals surface area contributed by atoms with E-state index in [0.29, 0.717) is 24.4 Å². The number of nitrogens with zero attached hydrogens (tertiary/aromatic N) is 2. The predicted octanol–water partition coefficient (Wildman–Crippen LogP) is 2.07. The van der Waals surface area contributed by atoms with E-state index in [2.05, 4.69) is 17.0 Å². The summed E-state index contributed by atoms with van der Waals surface area (Å²) in [4.78, 5) is 16.7. The number of methoxy groups -OCH3 is 1. The molecule has 0 radical (unpaired) electrons. The number of aliphatic hydroxyl groups excluding tert-OH is 1. The molecule has 2 aromatic rings. The third kappa shape index (κ3) is 4.38. The monoisotopic (exact) mass is 340 g/mol. The molecule has 0 saturated carbocycles. The smallest absolute Gasteiger partial charge is 0.256 e. The Morgan fingerprint density at radius 2 is 1.80 bits per heavy atom. The van der Waals surface area contributed by atoms with Gasteiger partial charge in [-0.3, -0.25) is 9.69 Å². The number of amides is 1. The van der Waals surface area contributed by atoms with Crippen LogP contribution in [-0.4, -0.2) is 54.1 Å². The largest absolute Gasteiger partial charge is 0.497 e. The summed E-state index contributed by atoms with van der Waals surface area (Å²) in [6.45, 7) is 3.78. The van der Waals surface area contributed by atoms with Gasteiger partial charge in [0, 0.05) is 32.7 Å². The van der Waals surface area contributed by atoms with E-state index in [-0.39, 0.29) is 5.91 Å². The molecule has 0 bridgehead atoms. The molecule has 1 amide bonds. The molecule has 1 N–H and O–H groups in total. The van der Waals surface area contributed by atoms with Gasteiger partial charge in [0.2, 0.25) is 0 Å². The summed E-state index contributed by atoms with van der Waals surface area (Å²) in [5, 5.41) is 10.4.